The van der Waals surface area contributed by atoms with Crippen LogP contribution >= 0.6 is 0 Å². The largest absolute Gasteiger partial charge is 0.493 e. The van der Waals surface area contributed by atoms with Gasteiger partial charge in [-0.3, -0.25) is 0 Å². The van der Waals surface area contributed by atoms with Crippen molar-refractivity contribution in [2.24, 2.45) is 0 Å². The molecule has 2 aliphatic heterocycles. The Morgan fingerprint density at radius 1 is 1.37 bits per heavy atom. The summed E-state index contributed by atoms with van der Waals surface area (Å²) in [6.07, 6.45) is 2.41. The first-order chi connectivity index (χ1) is 9.33. The molecule has 3 heteroatoms. The van der Waals surface area contributed by atoms with Gasteiger partial charge >= 0.3 is 0 Å². The molecule has 3 nitrogen and oxygen atoms in total. The molecule has 1 N–H and O–H groups in total. The van der Waals surface area contributed by atoms with Crippen LogP contribution in [0.5, 0.6) is 5.75 Å². The van der Waals surface area contributed by atoms with Crippen LogP contribution in [0.15, 0.2) is 24.3 Å². The molecule has 0 amide bonds. The fourth-order valence-corrected chi connectivity index (χ4v) is 3.28. The average Bonchev–Trinajstić information content (AvgIpc) is 2.63. The van der Waals surface area contributed by atoms with Gasteiger partial charge in [0.1, 0.15) is 5.75 Å². The molecule has 0 radical (unpaired) electrons. The van der Waals surface area contributed by atoms with Gasteiger partial charge in [0.25, 0.3) is 0 Å². The van der Waals surface area contributed by atoms with Gasteiger partial charge in [0.05, 0.1) is 6.61 Å². The second-order valence-electron chi connectivity index (χ2n) is 5.84. The predicted octanol–water partition coefficient (Wildman–Crippen LogP) is 2.24. The number of nitrogens with zero attached hydrogens (tertiary/aromatic N) is 1. The SMILES string of the molecule is CC1CN(CC2CCOc3ccccc32)CCCN1. The Morgan fingerprint density at radius 3 is 3.21 bits per heavy atom. The van der Waals surface area contributed by atoms with Crippen molar-refractivity contribution < 1.29 is 4.74 Å². The van der Waals surface area contributed by atoms with E-state index in [1.54, 1.807) is 0 Å². The van der Waals surface area contributed by atoms with Crippen LogP contribution in [0, 0.1) is 0 Å². The summed E-state index contributed by atoms with van der Waals surface area (Å²) in [7, 11) is 0. The molecular weight excluding hydrogens is 236 g/mol. The van der Waals surface area contributed by atoms with Crippen LogP contribution < -0.4 is 10.1 Å². The van der Waals surface area contributed by atoms with E-state index in [1.165, 1.54) is 31.6 Å². The number of hydrogen-bond donors (Lipinski definition) is 1. The Balaban J connectivity index is 1.70. The summed E-state index contributed by atoms with van der Waals surface area (Å²) in [4.78, 5) is 2.62. The van der Waals surface area contributed by atoms with Gasteiger partial charge in [0.2, 0.25) is 0 Å². The minimum absolute atomic E-state index is 0.609. The highest BCUT2D eigenvalue weighted by Crippen LogP contribution is 2.33. The highest BCUT2D eigenvalue weighted by molar-refractivity contribution is 5.37. The Kier molecular flexibility index (Phi) is 4.04. The van der Waals surface area contributed by atoms with Gasteiger partial charge in [-0.1, -0.05) is 18.2 Å². The number of nitrogens with one attached hydrogen (secondary N) is 1. The number of fused-ring (bicyclic) bond motifs is 1. The Morgan fingerprint density at radius 2 is 2.26 bits per heavy atom. The zero-order valence-electron chi connectivity index (χ0n) is 11.8. The topological polar surface area (TPSA) is 24.5 Å². The smallest absolute Gasteiger partial charge is 0.122 e. The van der Waals surface area contributed by atoms with E-state index in [-0.39, 0.29) is 0 Å². The molecule has 1 saturated heterocycles. The maximum Gasteiger partial charge on any atom is 0.122 e. The fraction of sp³-hybridized carbons (Fsp3) is 0.625. The summed E-state index contributed by atoms with van der Waals surface area (Å²) in [6.45, 7) is 7.87. The monoisotopic (exact) mass is 260 g/mol. The number of para-hydroxylation sites is 1. The molecule has 2 heterocycles. The second kappa shape index (κ2) is 5.93. The Labute approximate surface area is 115 Å². The van der Waals surface area contributed by atoms with Crippen molar-refractivity contribution >= 4 is 0 Å². The molecule has 1 aromatic rings. The number of rotatable bonds is 2. The maximum absolute atomic E-state index is 5.76. The van der Waals surface area contributed by atoms with Crippen LogP contribution in [-0.2, 0) is 0 Å². The van der Waals surface area contributed by atoms with Crippen LogP contribution in [0.4, 0.5) is 0 Å². The maximum atomic E-state index is 5.76. The summed E-state index contributed by atoms with van der Waals surface area (Å²) in [5, 5.41) is 3.56. The molecule has 19 heavy (non-hydrogen) atoms. The third kappa shape index (κ3) is 3.10. The first-order valence-corrected chi connectivity index (χ1v) is 7.50. The molecule has 2 aliphatic rings. The molecule has 104 valence electrons. The van der Waals surface area contributed by atoms with Crippen molar-refractivity contribution in [3.63, 3.8) is 0 Å². The lowest BCUT2D eigenvalue weighted by atomic mass is 9.92. The zero-order valence-corrected chi connectivity index (χ0v) is 11.8. The van der Waals surface area contributed by atoms with Crippen molar-refractivity contribution in [1.29, 1.82) is 0 Å². The summed E-state index contributed by atoms with van der Waals surface area (Å²) < 4.78 is 5.76. The molecule has 1 fully saturated rings. The highest BCUT2D eigenvalue weighted by atomic mass is 16.5. The van der Waals surface area contributed by atoms with Crippen molar-refractivity contribution in [2.75, 3.05) is 32.8 Å². The van der Waals surface area contributed by atoms with E-state index in [1.807, 2.05) is 0 Å². The Hall–Kier alpha value is -1.06. The van der Waals surface area contributed by atoms with E-state index in [9.17, 15) is 0 Å². The van der Waals surface area contributed by atoms with Crippen LogP contribution in [-0.4, -0.2) is 43.7 Å². The standard InChI is InChI=1S/C16H24N2O/c1-13-11-18(9-4-8-17-13)12-14-7-10-19-16-6-3-2-5-15(14)16/h2-3,5-6,13-14,17H,4,7-12H2,1H3. The van der Waals surface area contributed by atoms with Crippen LogP contribution in [0.1, 0.15) is 31.2 Å². The third-order valence-electron chi connectivity index (χ3n) is 4.24. The first kappa shape index (κ1) is 12.9. The predicted molar refractivity (Wildman–Crippen MR) is 77.8 cm³/mol. The van der Waals surface area contributed by atoms with Gasteiger partial charge in [-0.15, -0.1) is 0 Å². The molecule has 0 bridgehead atoms. The summed E-state index contributed by atoms with van der Waals surface area (Å²) in [6, 6.07) is 9.15. The zero-order chi connectivity index (χ0) is 13.1. The first-order valence-electron chi connectivity index (χ1n) is 7.50. The minimum Gasteiger partial charge on any atom is -0.493 e. The molecule has 0 aliphatic carbocycles. The highest BCUT2D eigenvalue weighted by Gasteiger charge is 2.24. The molecule has 1 aromatic carbocycles. The van der Waals surface area contributed by atoms with E-state index in [4.69, 9.17) is 4.74 Å². The van der Waals surface area contributed by atoms with E-state index in [0.29, 0.717) is 12.0 Å². The van der Waals surface area contributed by atoms with Crippen LogP contribution in [0.3, 0.4) is 0 Å². The van der Waals surface area contributed by atoms with Crippen molar-refractivity contribution in [1.82, 2.24) is 10.2 Å². The van der Waals surface area contributed by atoms with Gasteiger partial charge in [-0.05, 0) is 44.5 Å². The molecule has 0 spiro atoms. The lowest BCUT2D eigenvalue weighted by Crippen LogP contribution is -2.38. The van der Waals surface area contributed by atoms with Gasteiger partial charge in [0, 0.05) is 25.0 Å². The van der Waals surface area contributed by atoms with Crippen LogP contribution in [0.25, 0.3) is 0 Å². The summed E-state index contributed by atoms with van der Waals surface area (Å²) >= 11 is 0. The second-order valence-corrected chi connectivity index (χ2v) is 5.84. The summed E-state index contributed by atoms with van der Waals surface area (Å²) in [5.41, 5.74) is 1.40. The lowest BCUT2D eigenvalue weighted by molar-refractivity contribution is 0.210. The van der Waals surface area contributed by atoms with Crippen molar-refractivity contribution in [3.8, 4) is 5.75 Å². The molecular formula is C16H24N2O. The lowest BCUT2D eigenvalue weighted by Gasteiger charge is -2.31. The number of benzene rings is 1. The molecule has 0 aromatic heterocycles. The fourth-order valence-electron chi connectivity index (χ4n) is 3.28. The van der Waals surface area contributed by atoms with E-state index < -0.39 is 0 Å². The van der Waals surface area contributed by atoms with E-state index in [0.717, 1.165) is 25.3 Å². The van der Waals surface area contributed by atoms with Gasteiger partial charge in [-0.2, -0.15) is 0 Å². The van der Waals surface area contributed by atoms with E-state index >= 15 is 0 Å². The van der Waals surface area contributed by atoms with E-state index in [2.05, 4.69) is 41.4 Å². The van der Waals surface area contributed by atoms with Crippen LogP contribution in [0.2, 0.25) is 0 Å². The minimum atomic E-state index is 0.609. The number of ether oxygens (including phenoxy) is 1. The van der Waals surface area contributed by atoms with Gasteiger partial charge in [0.15, 0.2) is 0 Å². The quantitative estimate of drug-likeness (QED) is 0.882. The van der Waals surface area contributed by atoms with Crippen molar-refractivity contribution in [3.05, 3.63) is 29.8 Å². The molecule has 0 saturated carbocycles. The van der Waals surface area contributed by atoms with Crippen molar-refractivity contribution in [2.45, 2.75) is 31.7 Å². The summed E-state index contributed by atoms with van der Waals surface area (Å²) in [5.74, 6) is 1.73. The normalized spacial score (nSPS) is 28.3. The molecule has 3 rings (SSSR count). The Bertz CT molecular complexity index is 421. The average molecular weight is 260 g/mol. The molecule has 2 unspecified atom stereocenters. The number of hydrogen-bond acceptors (Lipinski definition) is 3. The van der Waals surface area contributed by atoms with Gasteiger partial charge in [-0.25, -0.2) is 0 Å². The van der Waals surface area contributed by atoms with Gasteiger partial charge < -0.3 is 15.0 Å². The molecule has 2 atom stereocenters. The third-order valence-corrected chi connectivity index (χ3v) is 4.24.